The molecule has 3 aromatic rings. The normalized spacial score (nSPS) is 12.3. The molecule has 0 fully saturated rings. The quantitative estimate of drug-likeness (QED) is 0.708. The molecule has 7 heteroatoms. The van der Waals surface area contributed by atoms with E-state index in [1.165, 1.54) is 22.7 Å². The second kappa shape index (κ2) is 7.33. The zero-order chi connectivity index (χ0) is 18.0. The molecule has 0 spiro atoms. The monoisotopic (exact) mass is 373 g/mol. The molecule has 0 saturated carbocycles. The van der Waals surface area contributed by atoms with E-state index in [9.17, 15) is 9.59 Å². The van der Waals surface area contributed by atoms with E-state index < -0.39 is 6.04 Å². The third kappa shape index (κ3) is 3.88. The van der Waals surface area contributed by atoms with Crippen LogP contribution < -0.4 is 10.6 Å². The van der Waals surface area contributed by atoms with Crippen LogP contribution in [0.15, 0.2) is 35.7 Å². The Hall–Kier alpha value is -2.25. The average Bonchev–Trinajstić information content (AvgIpc) is 3.21. The van der Waals surface area contributed by atoms with Crippen molar-refractivity contribution >= 4 is 49.8 Å². The highest BCUT2D eigenvalue weighted by Gasteiger charge is 2.26. The average molecular weight is 374 g/mol. The van der Waals surface area contributed by atoms with E-state index in [1.54, 1.807) is 6.07 Å². The van der Waals surface area contributed by atoms with Gasteiger partial charge in [0, 0.05) is 0 Å². The minimum atomic E-state index is -0.622. The van der Waals surface area contributed by atoms with Crippen LogP contribution in [0.3, 0.4) is 0 Å². The predicted molar refractivity (Wildman–Crippen MR) is 103 cm³/mol. The number of hydrogen-bond donors (Lipinski definition) is 2. The van der Waals surface area contributed by atoms with Crippen molar-refractivity contribution in [2.24, 2.45) is 5.92 Å². The Labute approximate surface area is 154 Å². The number of carbonyl (C=O) groups is 2. The van der Waals surface area contributed by atoms with Gasteiger partial charge in [0.15, 0.2) is 5.13 Å². The molecule has 2 heterocycles. The van der Waals surface area contributed by atoms with Gasteiger partial charge >= 0.3 is 0 Å². The Morgan fingerprint density at radius 2 is 1.96 bits per heavy atom. The lowest BCUT2D eigenvalue weighted by Crippen LogP contribution is -2.46. The summed E-state index contributed by atoms with van der Waals surface area (Å²) < 4.78 is 1.03. The lowest BCUT2D eigenvalue weighted by atomic mass is 10.0. The minimum Gasteiger partial charge on any atom is -0.339 e. The van der Waals surface area contributed by atoms with Crippen molar-refractivity contribution in [2.75, 3.05) is 5.32 Å². The molecule has 0 aliphatic carbocycles. The molecule has 2 N–H and O–H groups in total. The van der Waals surface area contributed by atoms with Crippen molar-refractivity contribution in [1.29, 1.82) is 0 Å². The molecule has 0 aliphatic heterocycles. The van der Waals surface area contributed by atoms with Gasteiger partial charge in [-0.2, -0.15) is 0 Å². The predicted octanol–water partition coefficient (Wildman–Crippen LogP) is 4.06. The van der Waals surface area contributed by atoms with E-state index in [4.69, 9.17) is 0 Å². The largest absolute Gasteiger partial charge is 0.339 e. The van der Waals surface area contributed by atoms with Gasteiger partial charge in [-0.05, 0) is 35.9 Å². The number of benzene rings is 1. The van der Waals surface area contributed by atoms with Crippen LogP contribution in [0.2, 0.25) is 0 Å². The van der Waals surface area contributed by atoms with Crippen LogP contribution in [-0.4, -0.2) is 22.8 Å². The van der Waals surface area contributed by atoms with Crippen molar-refractivity contribution in [3.05, 3.63) is 46.2 Å². The van der Waals surface area contributed by atoms with Crippen LogP contribution in [0.4, 0.5) is 5.13 Å². The summed E-state index contributed by atoms with van der Waals surface area (Å²) in [5.41, 5.74) is 1.96. The number of nitrogens with zero attached hydrogens (tertiary/aromatic N) is 1. The van der Waals surface area contributed by atoms with E-state index in [2.05, 4.69) is 15.6 Å². The Morgan fingerprint density at radius 1 is 1.16 bits per heavy atom. The summed E-state index contributed by atoms with van der Waals surface area (Å²) in [6.07, 6.45) is 0. The molecule has 5 nitrogen and oxygen atoms in total. The van der Waals surface area contributed by atoms with Crippen LogP contribution in [0.5, 0.6) is 0 Å². The molecule has 2 aromatic heterocycles. The number of para-hydroxylation sites is 1. The van der Waals surface area contributed by atoms with Gasteiger partial charge in [-0.25, -0.2) is 4.98 Å². The molecule has 0 radical (unpaired) electrons. The molecule has 25 heavy (non-hydrogen) atoms. The second-order valence-electron chi connectivity index (χ2n) is 6.10. The molecule has 1 aromatic carbocycles. The summed E-state index contributed by atoms with van der Waals surface area (Å²) in [4.78, 5) is 30.0. The summed E-state index contributed by atoms with van der Waals surface area (Å²) in [7, 11) is 0. The number of aromatic nitrogens is 1. The van der Waals surface area contributed by atoms with E-state index in [0.29, 0.717) is 10.0 Å². The first-order valence-corrected chi connectivity index (χ1v) is 9.66. The molecule has 0 saturated heterocycles. The van der Waals surface area contributed by atoms with Gasteiger partial charge in [-0.15, -0.1) is 11.3 Å². The smallest absolute Gasteiger partial charge is 0.262 e. The first kappa shape index (κ1) is 17.6. The van der Waals surface area contributed by atoms with Gasteiger partial charge in [0.1, 0.15) is 6.04 Å². The van der Waals surface area contributed by atoms with E-state index in [1.807, 2.05) is 50.4 Å². The lowest BCUT2D eigenvalue weighted by Gasteiger charge is -2.20. The Kier molecular flexibility index (Phi) is 5.15. The number of nitrogens with one attached hydrogen (secondary N) is 2. The standard InChI is InChI=1S/C18H19N3O2S2/c1-10(2)14(19-16(22)13-8-5-9-24-13)17(23)21-18-20-15-11(3)6-4-7-12(15)25-18/h4-10,14H,1-3H3,(H,19,22)(H,20,21,23)/t14-/m1/s1. The Morgan fingerprint density at radius 3 is 2.60 bits per heavy atom. The highest BCUT2D eigenvalue weighted by atomic mass is 32.1. The molecule has 2 amide bonds. The lowest BCUT2D eigenvalue weighted by molar-refractivity contribution is -0.118. The van der Waals surface area contributed by atoms with Crippen molar-refractivity contribution in [2.45, 2.75) is 26.8 Å². The third-order valence-corrected chi connectivity index (χ3v) is 5.64. The number of aryl methyl sites for hydroxylation is 1. The fraction of sp³-hybridized carbons (Fsp3) is 0.278. The maximum atomic E-state index is 12.7. The van der Waals surface area contributed by atoms with Crippen molar-refractivity contribution in [3.8, 4) is 0 Å². The van der Waals surface area contributed by atoms with Gasteiger partial charge in [-0.1, -0.05) is 43.4 Å². The van der Waals surface area contributed by atoms with Gasteiger partial charge < -0.3 is 10.6 Å². The molecular weight excluding hydrogens is 354 g/mol. The summed E-state index contributed by atoms with van der Waals surface area (Å²) in [6.45, 7) is 5.80. The third-order valence-electron chi connectivity index (χ3n) is 3.83. The number of rotatable bonds is 5. The van der Waals surface area contributed by atoms with Crippen LogP contribution >= 0.6 is 22.7 Å². The number of thiazole rings is 1. The van der Waals surface area contributed by atoms with Gasteiger partial charge in [0.25, 0.3) is 5.91 Å². The number of thiophene rings is 1. The molecule has 0 aliphatic rings. The van der Waals surface area contributed by atoms with Gasteiger partial charge in [0.05, 0.1) is 15.1 Å². The first-order chi connectivity index (χ1) is 12.0. The second-order valence-corrected chi connectivity index (χ2v) is 8.08. The zero-order valence-corrected chi connectivity index (χ0v) is 15.8. The summed E-state index contributed by atoms with van der Waals surface area (Å²) in [5, 5.41) is 8.05. The summed E-state index contributed by atoms with van der Waals surface area (Å²) in [6, 6.07) is 8.88. The van der Waals surface area contributed by atoms with Gasteiger partial charge in [-0.3, -0.25) is 9.59 Å². The number of amides is 2. The van der Waals surface area contributed by atoms with Crippen molar-refractivity contribution in [3.63, 3.8) is 0 Å². The zero-order valence-electron chi connectivity index (χ0n) is 14.2. The highest BCUT2D eigenvalue weighted by Crippen LogP contribution is 2.28. The van der Waals surface area contributed by atoms with Crippen LogP contribution in [0.1, 0.15) is 29.1 Å². The molecular formula is C18H19N3O2S2. The number of hydrogen-bond acceptors (Lipinski definition) is 5. The van der Waals surface area contributed by atoms with Crippen LogP contribution in [0, 0.1) is 12.8 Å². The summed E-state index contributed by atoms with van der Waals surface area (Å²) >= 11 is 2.78. The van der Waals surface area contributed by atoms with E-state index in [0.717, 1.165) is 15.8 Å². The Balaban J connectivity index is 1.76. The minimum absolute atomic E-state index is 0.0416. The van der Waals surface area contributed by atoms with Gasteiger partial charge in [0.2, 0.25) is 5.91 Å². The topological polar surface area (TPSA) is 71.1 Å². The molecule has 0 bridgehead atoms. The van der Waals surface area contributed by atoms with Crippen LogP contribution in [-0.2, 0) is 4.79 Å². The number of carbonyl (C=O) groups excluding carboxylic acids is 2. The molecule has 130 valence electrons. The fourth-order valence-corrected chi connectivity index (χ4v) is 4.05. The maximum absolute atomic E-state index is 12.7. The van der Waals surface area contributed by atoms with Crippen molar-refractivity contribution < 1.29 is 9.59 Å². The van der Waals surface area contributed by atoms with E-state index >= 15 is 0 Å². The molecule has 0 unspecified atom stereocenters. The van der Waals surface area contributed by atoms with Crippen molar-refractivity contribution in [1.82, 2.24) is 10.3 Å². The highest BCUT2D eigenvalue weighted by molar-refractivity contribution is 7.22. The molecule has 1 atom stereocenters. The Bertz CT molecular complexity index is 900. The SMILES string of the molecule is Cc1cccc2sc(NC(=O)[C@H](NC(=O)c3cccs3)C(C)C)nc12. The summed E-state index contributed by atoms with van der Waals surface area (Å²) in [5.74, 6) is -0.527. The molecule has 3 rings (SSSR count). The number of anilines is 1. The number of fused-ring (bicyclic) bond motifs is 1. The first-order valence-electron chi connectivity index (χ1n) is 7.97. The maximum Gasteiger partial charge on any atom is 0.262 e. The fourth-order valence-electron chi connectivity index (χ4n) is 2.48. The van der Waals surface area contributed by atoms with Crippen LogP contribution in [0.25, 0.3) is 10.2 Å². The van der Waals surface area contributed by atoms with E-state index in [-0.39, 0.29) is 17.7 Å².